The summed E-state index contributed by atoms with van der Waals surface area (Å²) in [6, 6.07) is 18.4. The van der Waals surface area contributed by atoms with Crippen LogP contribution >= 0.6 is 0 Å². The third-order valence-corrected chi connectivity index (χ3v) is 5.30. The van der Waals surface area contributed by atoms with Gasteiger partial charge in [-0.15, -0.1) is 0 Å². The fraction of sp³-hybridized carbons (Fsp3) is 0.0417. The molecule has 2 aromatic carbocycles. The maximum absolute atomic E-state index is 4.91. The van der Waals surface area contributed by atoms with Crippen LogP contribution in [0.3, 0.4) is 0 Å². The standard InChI is InChI=1S/C24H17N7/c1-14-4-2-5-15(12-14)16-6-3-7-18-21(16)29-24(28-18)23-22-19(30-31-23)9-8-17(27-22)20-13-25-10-11-26-20/h2-13H,1H3,(H,28,29)(H,30,31). The Labute approximate surface area is 177 Å². The van der Waals surface area contributed by atoms with Crippen LogP contribution in [0.15, 0.2) is 73.2 Å². The number of hydrogen-bond donors (Lipinski definition) is 2. The SMILES string of the molecule is Cc1cccc(-c2cccc3[nH]c(-c4n[nH]c5ccc(-c6cnccn6)nc45)nc23)c1. The smallest absolute Gasteiger partial charge is 0.161 e. The van der Waals surface area contributed by atoms with E-state index in [9.17, 15) is 0 Å². The van der Waals surface area contributed by atoms with E-state index >= 15 is 0 Å². The van der Waals surface area contributed by atoms with Crippen molar-refractivity contribution in [2.45, 2.75) is 6.92 Å². The highest BCUT2D eigenvalue weighted by atomic mass is 15.1. The van der Waals surface area contributed by atoms with Crippen molar-refractivity contribution >= 4 is 22.1 Å². The van der Waals surface area contributed by atoms with E-state index in [1.54, 1.807) is 18.6 Å². The van der Waals surface area contributed by atoms with Crippen molar-refractivity contribution in [1.82, 2.24) is 35.1 Å². The van der Waals surface area contributed by atoms with Crippen LogP contribution in [0.2, 0.25) is 0 Å². The third-order valence-electron chi connectivity index (χ3n) is 5.30. The molecule has 0 saturated carbocycles. The Morgan fingerprint density at radius 2 is 1.74 bits per heavy atom. The predicted molar refractivity (Wildman–Crippen MR) is 120 cm³/mol. The summed E-state index contributed by atoms with van der Waals surface area (Å²) in [5.41, 5.74) is 8.98. The van der Waals surface area contributed by atoms with Gasteiger partial charge in [0.1, 0.15) is 11.2 Å². The van der Waals surface area contributed by atoms with Crippen LogP contribution in [0, 0.1) is 6.92 Å². The minimum atomic E-state index is 0.671. The van der Waals surface area contributed by atoms with E-state index in [2.05, 4.69) is 62.4 Å². The number of hydrogen-bond acceptors (Lipinski definition) is 5. The minimum absolute atomic E-state index is 0.671. The Morgan fingerprint density at radius 1 is 0.806 bits per heavy atom. The molecule has 0 aliphatic carbocycles. The summed E-state index contributed by atoms with van der Waals surface area (Å²) in [4.78, 5) is 21.6. The zero-order valence-corrected chi connectivity index (χ0v) is 16.7. The molecule has 0 unspecified atom stereocenters. The van der Waals surface area contributed by atoms with Gasteiger partial charge < -0.3 is 4.98 Å². The number of pyridine rings is 1. The first-order valence-electron chi connectivity index (χ1n) is 9.94. The van der Waals surface area contributed by atoms with Crippen molar-refractivity contribution in [1.29, 1.82) is 0 Å². The van der Waals surface area contributed by atoms with Crippen LogP contribution in [0.4, 0.5) is 0 Å². The summed E-state index contributed by atoms with van der Waals surface area (Å²) >= 11 is 0. The molecule has 0 aliphatic heterocycles. The number of H-pyrrole nitrogens is 2. The molecule has 0 fully saturated rings. The zero-order valence-electron chi connectivity index (χ0n) is 16.7. The Morgan fingerprint density at radius 3 is 2.61 bits per heavy atom. The molecule has 0 atom stereocenters. The third kappa shape index (κ3) is 2.95. The largest absolute Gasteiger partial charge is 0.336 e. The molecular formula is C24H17N7. The molecule has 0 bridgehead atoms. The summed E-state index contributed by atoms with van der Waals surface area (Å²) in [6.07, 6.45) is 5.00. The highest BCUT2D eigenvalue weighted by molar-refractivity contribution is 5.96. The van der Waals surface area contributed by atoms with Crippen LogP contribution in [0.25, 0.3) is 56.1 Å². The normalized spacial score (nSPS) is 11.4. The predicted octanol–water partition coefficient (Wildman–Crippen LogP) is 4.93. The molecular weight excluding hydrogens is 386 g/mol. The molecule has 7 nitrogen and oxygen atoms in total. The van der Waals surface area contributed by atoms with Gasteiger partial charge in [-0.05, 0) is 30.7 Å². The first-order valence-corrected chi connectivity index (χ1v) is 9.94. The number of aromatic amines is 2. The summed E-state index contributed by atoms with van der Waals surface area (Å²) < 4.78 is 0. The van der Waals surface area contributed by atoms with Crippen molar-refractivity contribution in [3.05, 3.63) is 78.8 Å². The maximum Gasteiger partial charge on any atom is 0.161 e. The van der Waals surface area contributed by atoms with Gasteiger partial charge in [0.2, 0.25) is 0 Å². The highest BCUT2D eigenvalue weighted by Gasteiger charge is 2.17. The average molecular weight is 403 g/mol. The Bertz CT molecular complexity index is 1550. The fourth-order valence-electron chi connectivity index (χ4n) is 3.83. The molecule has 2 N–H and O–H groups in total. The Balaban J connectivity index is 1.52. The number of rotatable bonds is 3. The van der Waals surface area contributed by atoms with Gasteiger partial charge in [-0.2, -0.15) is 5.10 Å². The zero-order chi connectivity index (χ0) is 20.8. The molecule has 6 rings (SSSR count). The fourth-order valence-corrected chi connectivity index (χ4v) is 3.83. The van der Waals surface area contributed by atoms with Gasteiger partial charge in [-0.3, -0.25) is 15.1 Å². The number of aromatic nitrogens is 7. The number of benzene rings is 2. The van der Waals surface area contributed by atoms with E-state index in [-0.39, 0.29) is 0 Å². The van der Waals surface area contributed by atoms with E-state index in [1.165, 1.54) is 5.56 Å². The van der Waals surface area contributed by atoms with Gasteiger partial charge in [0.25, 0.3) is 0 Å². The van der Waals surface area contributed by atoms with E-state index < -0.39 is 0 Å². The molecule has 4 aromatic heterocycles. The maximum atomic E-state index is 4.91. The minimum Gasteiger partial charge on any atom is -0.336 e. The van der Waals surface area contributed by atoms with Crippen molar-refractivity contribution in [2.24, 2.45) is 0 Å². The van der Waals surface area contributed by atoms with Gasteiger partial charge in [-0.1, -0.05) is 42.0 Å². The van der Waals surface area contributed by atoms with Gasteiger partial charge in [0, 0.05) is 18.0 Å². The second-order valence-electron chi connectivity index (χ2n) is 7.41. The van der Waals surface area contributed by atoms with Gasteiger partial charge >= 0.3 is 0 Å². The molecule has 0 saturated heterocycles. The first kappa shape index (κ1) is 17.5. The Kier molecular flexibility index (Phi) is 3.86. The summed E-state index contributed by atoms with van der Waals surface area (Å²) in [5.74, 6) is 0.671. The molecule has 4 heterocycles. The molecule has 0 radical (unpaired) electrons. The second kappa shape index (κ2) is 6.84. The summed E-state index contributed by atoms with van der Waals surface area (Å²) in [7, 11) is 0. The number of para-hydroxylation sites is 1. The van der Waals surface area contributed by atoms with Crippen molar-refractivity contribution < 1.29 is 0 Å². The number of aryl methyl sites for hydroxylation is 1. The van der Waals surface area contributed by atoms with Gasteiger partial charge in [0.15, 0.2) is 11.5 Å². The summed E-state index contributed by atoms with van der Waals surface area (Å²) in [5, 5.41) is 7.55. The van der Waals surface area contributed by atoms with E-state index in [4.69, 9.17) is 9.97 Å². The van der Waals surface area contributed by atoms with E-state index in [0.29, 0.717) is 17.2 Å². The molecule has 0 amide bonds. The number of fused-ring (bicyclic) bond motifs is 2. The lowest BCUT2D eigenvalue weighted by Gasteiger charge is -2.03. The van der Waals surface area contributed by atoms with Crippen molar-refractivity contribution in [2.75, 3.05) is 0 Å². The quantitative estimate of drug-likeness (QED) is 0.437. The summed E-state index contributed by atoms with van der Waals surface area (Å²) in [6.45, 7) is 2.09. The van der Waals surface area contributed by atoms with Crippen LogP contribution in [-0.2, 0) is 0 Å². The molecule has 7 heteroatoms. The first-order chi connectivity index (χ1) is 15.3. The molecule has 0 aliphatic rings. The van der Waals surface area contributed by atoms with E-state index in [0.717, 1.165) is 38.9 Å². The van der Waals surface area contributed by atoms with Crippen LogP contribution < -0.4 is 0 Å². The van der Waals surface area contributed by atoms with Crippen LogP contribution in [0.1, 0.15) is 5.56 Å². The van der Waals surface area contributed by atoms with Crippen molar-refractivity contribution in [3.63, 3.8) is 0 Å². The lowest BCUT2D eigenvalue weighted by atomic mass is 10.0. The number of nitrogens with one attached hydrogen (secondary N) is 2. The van der Waals surface area contributed by atoms with Crippen molar-refractivity contribution in [3.8, 4) is 34.0 Å². The van der Waals surface area contributed by atoms with Crippen LogP contribution in [-0.4, -0.2) is 35.1 Å². The van der Waals surface area contributed by atoms with Gasteiger partial charge in [-0.25, -0.2) is 9.97 Å². The number of imidazole rings is 1. The lowest BCUT2D eigenvalue weighted by Crippen LogP contribution is -1.89. The lowest BCUT2D eigenvalue weighted by molar-refractivity contribution is 1.10. The Hall–Kier alpha value is -4.39. The number of nitrogens with zero attached hydrogens (tertiary/aromatic N) is 5. The molecule has 6 aromatic rings. The molecule has 31 heavy (non-hydrogen) atoms. The van der Waals surface area contributed by atoms with Crippen LogP contribution in [0.5, 0.6) is 0 Å². The highest BCUT2D eigenvalue weighted by Crippen LogP contribution is 2.31. The molecule has 0 spiro atoms. The topological polar surface area (TPSA) is 96.0 Å². The second-order valence-corrected chi connectivity index (χ2v) is 7.41. The van der Waals surface area contributed by atoms with E-state index in [1.807, 2.05) is 24.3 Å². The average Bonchev–Trinajstić information content (AvgIpc) is 3.43. The van der Waals surface area contributed by atoms with Gasteiger partial charge in [0.05, 0.1) is 28.4 Å². The molecule has 148 valence electrons. The monoisotopic (exact) mass is 403 g/mol.